The van der Waals surface area contributed by atoms with Crippen molar-refractivity contribution in [2.75, 3.05) is 25.6 Å². The third-order valence-corrected chi connectivity index (χ3v) is 4.36. The van der Waals surface area contributed by atoms with E-state index in [4.69, 9.17) is 9.47 Å². The van der Waals surface area contributed by atoms with Crippen LogP contribution in [0.15, 0.2) is 71.5 Å². The summed E-state index contributed by atoms with van der Waals surface area (Å²) in [5.41, 5.74) is 0.220. The maximum Gasteiger partial charge on any atom is 0.359 e. The minimum Gasteiger partial charge on any atom is -0.492 e. The fraction of sp³-hybridized carbons (Fsp3) is 0.174. The number of rotatable bonds is 9. The van der Waals surface area contributed by atoms with Crippen LogP contribution in [0.5, 0.6) is 5.75 Å². The molecule has 1 aromatic heterocycles. The van der Waals surface area contributed by atoms with E-state index in [0.717, 1.165) is 4.68 Å². The number of nitrogens with zero attached hydrogens (tertiary/aromatic N) is 2. The molecule has 0 unspecified atom stereocenters. The van der Waals surface area contributed by atoms with Crippen LogP contribution in [0.4, 0.5) is 5.69 Å². The van der Waals surface area contributed by atoms with E-state index in [1.165, 1.54) is 25.2 Å². The SMILES string of the molecule is CNC(=O)c1cccc(NC(=O)COC(=O)c2ccc(=O)n(CCOc3ccccc3)n2)c1. The smallest absolute Gasteiger partial charge is 0.359 e. The van der Waals surface area contributed by atoms with Gasteiger partial charge in [0.15, 0.2) is 12.3 Å². The van der Waals surface area contributed by atoms with Crippen LogP contribution in [0.1, 0.15) is 20.8 Å². The third kappa shape index (κ3) is 6.76. The Kier molecular flexibility index (Phi) is 7.90. The number of esters is 1. The van der Waals surface area contributed by atoms with Gasteiger partial charge in [-0.1, -0.05) is 24.3 Å². The van der Waals surface area contributed by atoms with Crippen LogP contribution in [0.25, 0.3) is 0 Å². The van der Waals surface area contributed by atoms with Gasteiger partial charge in [-0.05, 0) is 36.4 Å². The van der Waals surface area contributed by atoms with Gasteiger partial charge in [0.2, 0.25) is 0 Å². The van der Waals surface area contributed by atoms with Gasteiger partial charge in [-0.15, -0.1) is 0 Å². The number of para-hydroxylation sites is 1. The summed E-state index contributed by atoms with van der Waals surface area (Å²) >= 11 is 0. The van der Waals surface area contributed by atoms with Crippen molar-refractivity contribution in [2.45, 2.75) is 6.54 Å². The van der Waals surface area contributed by atoms with Crippen molar-refractivity contribution in [3.63, 3.8) is 0 Å². The molecule has 3 rings (SSSR count). The molecule has 0 saturated heterocycles. The van der Waals surface area contributed by atoms with E-state index in [0.29, 0.717) is 17.0 Å². The Bertz CT molecular complexity index is 1190. The average Bonchev–Trinajstić information content (AvgIpc) is 2.84. The molecule has 3 aromatic rings. The van der Waals surface area contributed by atoms with E-state index in [9.17, 15) is 19.2 Å². The third-order valence-electron chi connectivity index (χ3n) is 4.36. The summed E-state index contributed by atoms with van der Waals surface area (Å²) in [6.45, 7) is -0.273. The van der Waals surface area contributed by atoms with Crippen molar-refractivity contribution in [1.29, 1.82) is 0 Å². The van der Waals surface area contributed by atoms with Crippen molar-refractivity contribution in [3.05, 3.63) is 88.3 Å². The largest absolute Gasteiger partial charge is 0.492 e. The van der Waals surface area contributed by atoms with Gasteiger partial charge in [0.1, 0.15) is 12.4 Å². The van der Waals surface area contributed by atoms with Crippen molar-refractivity contribution < 1.29 is 23.9 Å². The van der Waals surface area contributed by atoms with Crippen molar-refractivity contribution >= 4 is 23.5 Å². The molecule has 0 aliphatic rings. The van der Waals surface area contributed by atoms with Gasteiger partial charge in [-0.2, -0.15) is 5.10 Å². The molecule has 0 bridgehead atoms. The second kappa shape index (κ2) is 11.2. The summed E-state index contributed by atoms with van der Waals surface area (Å²) in [6, 6.07) is 17.8. The highest BCUT2D eigenvalue weighted by Gasteiger charge is 2.14. The van der Waals surface area contributed by atoms with E-state index >= 15 is 0 Å². The van der Waals surface area contributed by atoms with Crippen LogP contribution in [-0.2, 0) is 16.1 Å². The zero-order chi connectivity index (χ0) is 23.6. The Labute approximate surface area is 189 Å². The normalized spacial score (nSPS) is 10.2. The van der Waals surface area contributed by atoms with Gasteiger partial charge in [-0.3, -0.25) is 14.4 Å². The molecule has 2 amide bonds. The molecule has 10 heteroatoms. The number of amides is 2. The molecular weight excluding hydrogens is 428 g/mol. The number of anilines is 1. The second-order valence-corrected chi connectivity index (χ2v) is 6.73. The standard InChI is InChI=1S/C23H22N4O6/c1-24-22(30)16-6-5-7-17(14-16)25-20(28)15-33-23(31)19-10-11-21(29)27(26-19)12-13-32-18-8-3-2-4-9-18/h2-11,14H,12-13,15H2,1H3,(H,24,30)(H,25,28). The number of benzene rings is 2. The lowest BCUT2D eigenvalue weighted by molar-refractivity contribution is -0.119. The predicted molar refractivity (Wildman–Crippen MR) is 119 cm³/mol. The first-order valence-corrected chi connectivity index (χ1v) is 10.0. The number of hydrogen-bond donors (Lipinski definition) is 2. The van der Waals surface area contributed by atoms with Gasteiger partial charge in [-0.25, -0.2) is 9.48 Å². The molecule has 0 radical (unpaired) electrons. The zero-order valence-corrected chi connectivity index (χ0v) is 17.8. The van der Waals surface area contributed by atoms with Crippen LogP contribution in [0, 0.1) is 0 Å². The molecule has 2 N–H and O–H groups in total. The summed E-state index contributed by atoms with van der Waals surface area (Å²) in [4.78, 5) is 48.1. The summed E-state index contributed by atoms with van der Waals surface area (Å²) < 4.78 is 11.6. The molecule has 2 aromatic carbocycles. The first-order chi connectivity index (χ1) is 16.0. The highest BCUT2D eigenvalue weighted by atomic mass is 16.5. The monoisotopic (exact) mass is 450 g/mol. The summed E-state index contributed by atoms with van der Waals surface area (Å²) in [6.07, 6.45) is 0. The van der Waals surface area contributed by atoms with Crippen LogP contribution in [0.2, 0.25) is 0 Å². The molecule has 0 fully saturated rings. The highest BCUT2D eigenvalue weighted by Crippen LogP contribution is 2.11. The molecule has 10 nitrogen and oxygen atoms in total. The van der Waals surface area contributed by atoms with E-state index in [2.05, 4.69) is 15.7 Å². The Morgan fingerprint density at radius 1 is 1.00 bits per heavy atom. The Morgan fingerprint density at radius 3 is 2.55 bits per heavy atom. The average molecular weight is 450 g/mol. The molecule has 0 aliphatic heterocycles. The predicted octanol–water partition coefficient (Wildman–Crippen LogP) is 1.48. The van der Waals surface area contributed by atoms with Crippen LogP contribution < -0.4 is 20.9 Å². The Morgan fingerprint density at radius 2 is 1.79 bits per heavy atom. The lowest BCUT2D eigenvalue weighted by Gasteiger charge is -2.09. The molecular formula is C23H22N4O6. The molecule has 1 heterocycles. The lowest BCUT2D eigenvalue weighted by Crippen LogP contribution is -2.28. The maximum atomic E-state index is 12.3. The number of aromatic nitrogens is 2. The number of carbonyl (C=O) groups is 3. The maximum absolute atomic E-state index is 12.3. The molecule has 170 valence electrons. The van der Waals surface area contributed by atoms with Crippen molar-refractivity contribution in [1.82, 2.24) is 15.1 Å². The topological polar surface area (TPSA) is 129 Å². The number of carbonyl (C=O) groups excluding carboxylic acids is 3. The van der Waals surface area contributed by atoms with Crippen molar-refractivity contribution in [3.8, 4) is 5.75 Å². The molecule has 0 spiro atoms. The zero-order valence-electron chi connectivity index (χ0n) is 17.8. The lowest BCUT2D eigenvalue weighted by atomic mass is 10.2. The van der Waals surface area contributed by atoms with Crippen LogP contribution in [0.3, 0.4) is 0 Å². The number of hydrogen-bond acceptors (Lipinski definition) is 7. The van der Waals surface area contributed by atoms with Gasteiger partial charge >= 0.3 is 5.97 Å². The molecule has 0 aliphatic carbocycles. The fourth-order valence-corrected chi connectivity index (χ4v) is 2.77. The van der Waals surface area contributed by atoms with Gasteiger partial charge in [0, 0.05) is 24.4 Å². The van der Waals surface area contributed by atoms with Gasteiger partial charge < -0.3 is 20.1 Å². The molecule has 0 atom stereocenters. The summed E-state index contributed by atoms with van der Waals surface area (Å²) in [7, 11) is 1.50. The van der Waals surface area contributed by atoms with E-state index < -0.39 is 24.0 Å². The van der Waals surface area contributed by atoms with Gasteiger partial charge in [0.25, 0.3) is 17.4 Å². The van der Waals surface area contributed by atoms with Crippen LogP contribution in [-0.4, -0.2) is 47.8 Å². The summed E-state index contributed by atoms with van der Waals surface area (Å²) in [5.74, 6) is -1.11. The molecule has 33 heavy (non-hydrogen) atoms. The van der Waals surface area contributed by atoms with E-state index in [1.54, 1.807) is 30.3 Å². The fourth-order valence-electron chi connectivity index (χ4n) is 2.77. The van der Waals surface area contributed by atoms with Crippen LogP contribution >= 0.6 is 0 Å². The highest BCUT2D eigenvalue weighted by molar-refractivity contribution is 5.98. The number of ether oxygens (including phenoxy) is 2. The van der Waals surface area contributed by atoms with Crippen molar-refractivity contribution in [2.24, 2.45) is 0 Å². The Balaban J connectivity index is 1.53. The second-order valence-electron chi connectivity index (χ2n) is 6.73. The van der Waals surface area contributed by atoms with E-state index in [-0.39, 0.29) is 24.8 Å². The van der Waals surface area contributed by atoms with E-state index in [1.807, 2.05) is 18.2 Å². The summed E-state index contributed by atoms with van der Waals surface area (Å²) in [5, 5.41) is 9.01. The van der Waals surface area contributed by atoms with Gasteiger partial charge in [0.05, 0.1) is 6.54 Å². The minimum atomic E-state index is -0.859. The first kappa shape index (κ1) is 23.2. The molecule has 0 saturated carbocycles. The number of nitrogens with one attached hydrogen (secondary N) is 2. The first-order valence-electron chi connectivity index (χ1n) is 10.0. The Hall–Kier alpha value is -4.47. The quantitative estimate of drug-likeness (QED) is 0.473. The minimum absolute atomic E-state index is 0.122.